The van der Waals surface area contributed by atoms with E-state index in [9.17, 15) is 5.26 Å². The summed E-state index contributed by atoms with van der Waals surface area (Å²) in [5, 5.41) is 15.4. The highest BCUT2D eigenvalue weighted by molar-refractivity contribution is 7.26. The fourth-order valence-corrected chi connectivity index (χ4v) is 4.63. The zero-order valence-corrected chi connectivity index (χ0v) is 15.9. The Labute approximate surface area is 157 Å². The number of nitriles is 1. The first-order valence-electron chi connectivity index (χ1n) is 8.70. The Hall–Kier alpha value is -2.83. The number of anilines is 2. The maximum absolute atomic E-state index is 9.43. The highest BCUT2D eigenvalue weighted by atomic mass is 32.1. The Morgan fingerprint density at radius 1 is 0.808 bits per heavy atom. The van der Waals surface area contributed by atoms with Gasteiger partial charge in [-0.1, -0.05) is 63.2 Å². The second kappa shape index (κ2) is 6.16. The van der Waals surface area contributed by atoms with E-state index in [-0.39, 0.29) is 5.41 Å². The molecule has 128 valence electrons. The molecule has 3 heteroatoms. The van der Waals surface area contributed by atoms with Gasteiger partial charge in [0.1, 0.15) is 6.07 Å². The maximum atomic E-state index is 9.43. The number of thiophene rings is 1. The van der Waals surface area contributed by atoms with Crippen LogP contribution in [0.2, 0.25) is 0 Å². The predicted molar refractivity (Wildman–Crippen MR) is 112 cm³/mol. The number of para-hydroxylation sites is 1. The van der Waals surface area contributed by atoms with Crippen molar-refractivity contribution in [2.45, 2.75) is 26.2 Å². The molecule has 1 heterocycles. The first-order chi connectivity index (χ1) is 12.5. The van der Waals surface area contributed by atoms with Crippen molar-refractivity contribution in [3.8, 4) is 6.07 Å². The molecule has 0 saturated heterocycles. The van der Waals surface area contributed by atoms with E-state index in [0.717, 1.165) is 27.0 Å². The van der Waals surface area contributed by atoms with Crippen molar-refractivity contribution in [1.29, 1.82) is 5.26 Å². The maximum Gasteiger partial charge on any atom is 0.101 e. The first-order valence-corrected chi connectivity index (χ1v) is 9.51. The molecule has 0 radical (unpaired) electrons. The van der Waals surface area contributed by atoms with Gasteiger partial charge in [-0.3, -0.25) is 0 Å². The van der Waals surface area contributed by atoms with Crippen molar-refractivity contribution in [1.82, 2.24) is 0 Å². The SMILES string of the molecule is CC(C)(C)c1ccccc1Nc1cccc2c1sc1c(C#N)cccc12. The fourth-order valence-electron chi connectivity index (χ4n) is 3.40. The Balaban J connectivity index is 1.91. The number of nitrogens with zero attached hydrogens (tertiary/aromatic N) is 1. The van der Waals surface area contributed by atoms with E-state index >= 15 is 0 Å². The Morgan fingerprint density at radius 3 is 2.19 bits per heavy atom. The number of nitrogens with one attached hydrogen (secondary N) is 1. The van der Waals surface area contributed by atoms with Crippen LogP contribution in [0, 0.1) is 11.3 Å². The highest BCUT2D eigenvalue weighted by Gasteiger charge is 2.18. The molecule has 0 unspecified atom stereocenters. The van der Waals surface area contributed by atoms with E-state index < -0.39 is 0 Å². The summed E-state index contributed by atoms with van der Waals surface area (Å²) >= 11 is 1.69. The molecule has 4 rings (SSSR count). The van der Waals surface area contributed by atoms with Crippen molar-refractivity contribution in [3.05, 3.63) is 71.8 Å². The van der Waals surface area contributed by atoms with Crippen LogP contribution in [-0.4, -0.2) is 0 Å². The molecule has 1 aromatic heterocycles. The fraction of sp³-hybridized carbons (Fsp3) is 0.174. The minimum absolute atomic E-state index is 0.0611. The van der Waals surface area contributed by atoms with Gasteiger partial charge in [0.05, 0.1) is 20.7 Å². The molecule has 0 amide bonds. The third-order valence-corrected chi connectivity index (χ3v) is 5.94. The lowest BCUT2D eigenvalue weighted by Gasteiger charge is -2.23. The van der Waals surface area contributed by atoms with E-state index in [1.807, 2.05) is 12.1 Å². The largest absolute Gasteiger partial charge is 0.354 e. The van der Waals surface area contributed by atoms with Crippen molar-refractivity contribution >= 4 is 42.9 Å². The topological polar surface area (TPSA) is 35.8 Å². The van der Waals surface area contributed by atoms with Gasteiger partial charge in [-0.15, -0.1) is 11.3 Å². The average Bonchev–Trinajstić information content (AvgIpc) is 3.01. The second-order valence-corrected chi connectivity index (χ2v) is 8.52. The summed E-state index contributed by atoms with van der Waals surface area (Å²) in [5.41, 5.74) is 4.31. The molecule has 0 aliphatic heterocycles. The molecule has 2 nitrogen and oxygen atoms in total. The average molecular weight is 356 g/mol. The van der Waals surface area contributed by atoms with E-state index in [0.29, 0.717) is 0 Å². The molecule has 26 heavy (non-hydrogen) atoms. The molecule has 0 bridgehead atoms. The van der Waals surface area contributed by atoms with E-state index in [2.05, 4.69) is 80.7 Å². The monoisotopic (exact) mass is 356 g/mol. The summed E-state index contributed by atoms with van der Waals surface area (Å²) in [5.74, 6) is 0. The van der Waals surface area contributed by atoms with Gasteiger partial charge >= 0.3 is 0 Å². The first kappa shape index (κ1) is 16.6. The third kappa shape index (κ3) is 2.73. The van der Waals surface area contributed by atoms with Crippen LogP contribution in [0.3, 0.4) is 0 Å². The summed E-state index contributed by atoms with van der Waals surface area (Å²) in [6.45, 7) is 6.69. The smallest absolute Gasteiger partial charge is 0.101 e. The molecule has 4 aromatic rings. The predicted octanol–water partition coefficient (Wildman–Crippen LogP) is 6.97. The molecule has 0 fully saturated rings. The Morgan fingerprint density at radius 2 is 1.46 bits per heavy atom. The molecule has 3 aromatic carbocycles. The van der Waals surface area contributed by atoms with Crippen LogP contribution in [-0.2, 0) is 5.41 Å². The number of fused-ring (bicyclic) bond motifs is 3. The van der Waals surface area contributed by atoms with Crippen molar-refractivity contribution in [2.75, 3.05) is 5.32 Å². The summed E-state index contributed by atoms with van der Waals surface area (Å²) in [7, 11) is 0. The minimum Gasteiger partial charge on any atom is -0.354 e. The normalized spacial score (nSPS) is 11.6. The van der Waals surface area contributed by atoms with Gasteiger partial charge in [0.15, 0.2) is 0 Å². The third-order valence-electron chi connectivity index (χ3n) is 4.65. The van der Waals surface area contributed by atoms with Crippen LogP contribution in [0.15, 0.2) is 60.7 Å². The lowest BCUT2D eigenvalue weighted by molar-refractivity contribution is 0.592. The van der Waals surface area contributed by atoms with Crippen LogP contribution < -0.4 is 5.32 Å². The van der Waals surface area contributed by atoms with Gasteiger partial charge in [-0.2, -0.15) is 5.26 Å². The van der Waals surface area contributed by atoms with Crippen molar-refractivity contribution in [3.63, 3.8) is 0 Å². The molecular weight excluding hydrogens is 336 g/mol. The molecule has 0 aliphatic rings. The summed E-state index contributed by atoms with van der Waals surface area (Å²) in [4.78, 5) is 0. The molecule has 0 spiro atoms. The lowest BCUT2D eigenvalue weighted by atomic mass is 9.86. The molecule has 0 atom stereocenters. The number of rotatable bonds is 2. The van der Waals surface area contributed by atoms with E-state index in [1.165, 1.54) is 15.6 Å². The molecule has 0 saturated carbocycles. The molecule has 0 aliphatic carbocycles. The second-order valence-electron chi connectivity index (χ2n) is 7.50. The Bertz CT molecular complexity index is 1160. The van der Waals surface area contributed by atoms with Crippen LogP contribution >= 0.6 is 11.3 Å². The van der Waals surface area contributed by atoms with Gasteiger partial charge in [-0.05, 0) is 29.2 Å². The van der Waals surface area contributed by atoms with Crippen LogP contribution in [0.5, 0.6) is 0 Å². The standard InChI is InChI=1S/C23H20N2S/c1-23(2,3)18-11-4-5-12-19(18)25-20-13-7-10-17-16-9-6-8-15(14-24)21(16)26-22(17)20/h4-13,25H,1-3H3. The highest BCUT2D eigenvalue weighted by Crippen LogP contribution is 2.41. The van der Waals surface area contributed by atoms with E-state index in [4.69, 9.17) is 0 Å². The van der Waals surface area contributed by atoms with Crippen LogP contribution in [0.1, 0.15) is 31.9 Å². The minimum atomic E-state index is 0.0611. The lowest BCUT2D eigenvalue weighted by Crippen LogP contribution is -2.13. The quantitative estimate of drug-likeness (QED) is 0.421. The summed E-state index contributed by atoms with van der Waals surface area (Å²) < 4.78 is 2.25. The number of hydrogen-bond donors (Lipinski definition) is 1. The Kier molecular flexibility index (Phi) is 3.94. The molecular formula is C23H20N2S. The van der Waals surface area contributed by atoms with Crippen molar-refractivity contribution in [2.24, 2.45) is 0 Å². The van der Waals surface area contributed by atoms with Gasteiger partial charge in [0, 0.05) is 16.5 Å². The zero-order valence-electron chi connectivity index (χ0n) is 15.1. The molecule has 1 N–H and O–H groups in total. The zero-order chi connectivity index (χ0) is 18.3. The van der Waals surface area contributed by atoms with Crippen molar-refractivity contribution < 1.29 is 0 Å². The van der Waals surface area contributed by atoms with Gasteiger partial charge < -0.3 is 5.32 Å². The van der Waals surface area contributed by atoms with Crippen LogP contribution in [0.4, 0.5) is 11.4 Å². The van der Waals surface area contributed by atoms with E-state index in [1.54, 1.807) is 11.3 Å². The number of hydrogen-bond acceptors (Lipinski definition) is 3. The van der Waals surface area contributed by atoms with Gasteiger partial charge in [0.25, 0.3) is 0 Å². The van der Waals surface area contributed by atoms with Gasteiger partial charge in [-0.25, -0.2) is 0 Å². The van der Waals surface area contributed by atoms with Crippen LogP contribution in [0.25, 0.3) is 20.2 Å². The number of benzene rings is 3. The summed E-state index contributed by atoms with van der Waals surface area (Å²) in [6, 6.07) is 23.1. The summed E-state index contributed by atoms with van der Waals surface area (Å²) in [6.07, 6.45) is 0. The van der Waals surface area contributed by atoms with Gasteiger partial charge in [0.2, 0.25) is 0 Å².